The van der Waals surface area contributed by atoms with E-state index in [2.05, 4.69) is 46.7 Å². The minimum absolute atomic E-state index is 0.190. The van der Waals surface area contributed by atoms with Gasteiger partial charge < -0.3 is 20.5 Å². The molecule has 11 heteroatoms. The number of aliphatic hydroxyl groups is 1. The van der Waals surface area contributed by atoms with Crippen LogP contribution in [0.5, 0.6) is 11.5 Å². The normalized spacial score (nSPS) is 14.3. The van der Waals surface area contributed by atoms with Crippen LogP contribution in [0.3, 0.4) is 0 Å². The molecule has 3 heterocycles. The number of nitrogens with zero attached hydrogens (tertiary/aromatic N) is 4. The molecule has 39 heavy (non-hydrogen) atoms. The van der Waals surface area contributed by atoms with Gasteiger partial charge in [0.15, 0.2) is 17.8 Å². The first-order valence-electron chi connectivity index (χ1n) is 12.3. The standard InChI is InChI=1S/C28H29N7O3S/c1-28(2,3)22-15-23(35(34-22)17-8-6-5-7-9-17)32-27(37)31-19-11-10-18(14-21(19)39-4)38-20-12-13-29-26-25(20)30-16-24(36)33-26/h5-16,24,36H,1-4H3,(H,29,33)(H2,31,32,37). The highest BCUT2D eigenvalue weighted by molar-refractivity contribution is 7.98. The van der Waals surface area contributed by atoms with Crippen molar-refractivity contribution in [1.29, 1.82) is 0 Å². The maximum Gasteiger partial charge on any atom is 0.324 e. The van der Waals surface area contributed by atoms with Gasteiger partial charge in [0.1, 0.15) is 17.3 Å². The molecule has 2 amide bonds. The Balaban J connectivity index is 1.35. The fraction of sp³-hybridized carbons (Fsp3) is 0.214. The van der Waals surface area contributed by atoms with Crippen LogP contribution in [0.2, 0.25) is 0 Å². The lowest BCUT2D eigenvalue weighted by atomic mass is 9.92. The molecule has 0 aliphatic carbocycles. The summed E-state index contributed by atoms with van der Waals surface area (Å²) >= 11 is 1.48. The van der Waals surface area contributed by atoms with Crippen molar-refractivity contribution in [2.75, 3.05) is 22.2 Å². The SMILES string of the molecule is CSc1cc(Oc2ccnc3c2N=CC(O)N3)ccc1NC(=O)Nc1cc(C(C)(C)C)nn1-c1ccccc1. The molecule has 200 valence electrons. The zero-order valence-corrected chi connectivity index (χ0v) is 22.8. The van der Waals surface area contributed by atoms with Gasteiger partial charge >= 0.3 is 6.03 Å². The number of fused-ring (bicyclic) bond motifs is 1. The van der Waals surface area contributed by atoms with Crippen LogP contribution in [0.25, 0.3) is 5.69 Å². The maximum atomic E-state index is 13.1. The number of nitrogens with one attached hydrogen (secondary N) is 3. The van der Waals surface area contributed by atoms with Crippen LogP contribution < -0.4 is 20.7 Å². The van der Waals surface area contributed by atoms with E-state index < -0.39 is 12.3 Å². The summed E-state index contributed by atoms with van der Waals surface area (Å²) in [6, 6.07) is 18.3. The average Bonchev–Trinajstić information content (AvgIpc) is 3.34. The largest absolute Gasteiger partial charge is 0.455 e. The maximum absolute atomic E-state index is 13.1. The number of rotatable bonds is 6. The number of benzene rings is 2. The Labute approximate surface area is 230 Å². The summed E-state index contributed by atoms with van der Waals surface area (Å²) in [4.78, 5) is 22.4. The average molecular weight is 544 g/mol. The lowest BCUT2D eigenvalue weighted by Gasteiger charge is -2.18. The summed E-state index contributed by atoms with van der Waals surface area (Å²) in [5.41, 5.74) is 2.65. The number of amides is 2. The van der Waals surface area contributed by atoms with Gasteiger partial charge in [0.25, 0.3) is 0 Å². The van der Waals surface area contributed by atoms with Crippen LogP contribution >= 0.6 is 11.8 Å². The molecule has 4 N–H and O–H groups in total. The molecule has 4 aromatic rings. The Bertz CT molecular complexity index is 1530. The molecule has 2 aromatic carbocycles. The number of aromatic nitrogens is 3. The van der Waals surface area contributed by atoms with Crippen molar-refractivity contribution >= 4 is 47.0 Å². The molecule has 1 atom stereocenters. The first kappa shape index (κ1) is 26.3. The Morgan fingerprint density at radius 2 is 1.90 bits per heavy atom. The quantitative estimate of drug-likeness (QED) is 0.214. The van der Waals surface area contributed by atoms with Gasteiger partial charge in [-0.1, -0.05) is 39.0 Å². The number of para-hydroxylation sites is 1. The molecule has 0 bridgehead atoms. The Hall–Kier alpha value is -4.35. The van der Waals surface area contributed by atoms with Gasteiger partial charge in [-0.3, -0.25) is 5.32 Å². The Kier molecular flexibility index (Phi) is 7.27. The zero-order chi connectivity index (χ0) is 27.6. The molecule has 0 spiro atoms. The monoisotopic (exact) mass is 543 g/mol. The first-order chi connectivity index (χ1) is 18.7. The van der Waals surface area contributed by atoms with Crippen LogP contribution in [-0.4, -0.2) is 44.6 Å². The highest BCUT2D eigenvalue weighted by atomic mass is 32.2. The van der Waals surface area contributed by atoms with E-state index >= 15 is 0 Å². The van der Waals surface area contributed by atoms with Crippen LogP contribution in [-0.2, 0) is 5.41 Å². The summed E-state index contributed by atoms with van der Waals surface area (Å²) in [5.74, 6) is 2.06. The first-order valence-corrected chi connectivity index (χ1v) is 13.5. The number of anilines is 3. The van der Waals surface area contributed by atoms with Crippen molar-refractivity contribution in [2.24, 2.45) is 4.99 Å². The zero-order valence-electron chi connectivity index (χ0n) is 22.0. The van der Waals surface area contributed by atoms with E-state index in [9.17, 15) is 9.90 Å². The summed E-state index contributed by atoms with van der Waals surface area (Å²) < 4.78 is 7.82. The van der Waals surface area contributed by atoms with Gasteiger partial charge in [-0.15, -0.1) is 11.8 Å². The fourth-order valence-corrected chi connectivity index (χ4v) is 4.48. The molecule has 0 radical (unpaired) electrons. The van der Waals surface area contributed by atoms with Crippen LogP contribution in [0.1, 0.15) is 26.5 Å². The lowest BCUT2D eigenvalue weighted by Crippen LogP contribution is -2.23. The molecule has 0 fully saturated rings. The summed E-state index contributed by atoms with van der Waals surface area (Å²) in [5, 5.41) is 23.2. The van der Waals surface area contributed by atoms with Crippen molar-refractivity contribution in [2.45, 2.75) is 37.3 Å². The molecule has 0 saturated carbocycles. The lowest BCUT2D eigenvalue weighted by molar-refractivity contribution is 0.262. The van der Waals surface area contributed by atoms with Crippen LogP contribution in [0, 0.1) is 0 Å². The number of thioether (sulfide) groups is 1. The number of ether oxygens (including phenoxy) is 1. The summed E-state index contributed by atoms with van der Waals surface area (Å²) in [6.07, 6.45) is 3.98. The predicted octanol–water partition coefficient (Wildman–Crippen LogP) is 6.17. The van der Waals surface area contributed by atoms with E-state index in [4.69, 9.17) is 9.84 Å². The van der Waals surface area contributed by atoms with Crippen molar-refractivity contribution in [3.63, 3.8) is 0 Å². The second-order valence-electron chi connectivity index (χ2n) is 9.83. The second-order valence-corrected chi connectivity index (χ2v) is 10.7. The van der Waals surface area contributed by atoms with Crippen LogP contribution in [0.4, 0.5) is 27.8 Å². The minimum atomic E-state index is -0.897. The molecule has 1 unspecified atom stereocenters. The van der Waals surface area contributed by atoms with Crippen molar-refractivity contribution in [3.8, 4) is 17.2 Å². The molecule has 10 nitrogen and oxygen atoms in total. The molecular weight excluding hydrogens is 514 g/mol. The van der Waals surface area contributed by atoms with Gasteiger partial charge in [-0.2, -0.15) is 5.10 Å². The number of aliphatic imine (C=N–C) groups is 1. The number of hydrogen-bond acceptors (Lipinski definition) is 8. The van der Waals surface area contributed by atoms with Gasteiger partial charge in [-0.05, 0) is 36.6 Å². The highest BCUT2D eigenvalue weighted by Crippen LogP contribution is 2.39. The third-order valence-electron chi connectivity index (χ3n) is 5.89. The molecule has 1 aliphatic rings. The predicted molar refractivity (Wildman–Crippen MR) is 155 cm³/mol. The van der Waals surface area contributed by atoms with Crippen molar-refractivity contribution < 1.29 is 14.6 Å². The van der Waals surface area contributed by atoms with Gasteiger partial charge in [-0.25, -0.2) is 19.5 Å². The number of pyridine rings is 1. The number of carbonyl (C=O) groups excluding carboxylic acids is 1. The van der Waals surface area contributed by atoms with Crippen molar-refractivity contribution in [3.05, 3.63) is 72.6 Å². The molecule has 0 saturated heterocycles. The minimum Gasteiger partial charge on any atom is -0.455 e. The van der Waals surface area contributed by atoms with Gasteiger partial charge in [0, 0.05) is 28.6 Å². The molecule has 1 aliphatic heterocycles. The smallest absolute Gasteiger partial charge is 0.324 e. The Morgan fingerprint density at radius 3 is 2.64 bits per heavy atom. The van der Waals surface area contributed by atoms with E-state index in [-0.39, 0.29) is 5.41 Å². The van der Waals surface area contributed by atoms with Crippen molar-refractivity contribution in [1.82, 2.24) is 14.8 Å². The molecular formula is C28H29N7O3S. The van der Waals surface area contributed by atoms with Gasteiger partial charge in [0.2, 0.25) is 0 Å². The molecule has 2 aromatic heterocycles. The molecule has 5 rings (SSSR count). The third kappa shape index (κ3) is 5.89. The number of hydrogen-bond donors (Lipinski definition) is 4. The number of carbonyl (C=O) groups is 1. The van der Waals surface area contributed by atoms with E-state index in [1.807, 2.05) is 48.7 Å². The fourth-order valence-electron chi connectivity index (χ4n) is 3.91. The number of urea groups is 1. The van der Waals surface area contributed by atoms with Gasteiger partial charge in [0.05, 0.1) is 23.3 Å². The van der Waals surface area contributed by atoms with E-state index in [1.165, 1.54) is 18.0 Å². The van der Waals surface area contributed by atoms with E-state index in [1.54, 1.807) is 29.1 Å². The summed E-state index contributed by atoms with van der Waals surface area (Å²) in [6.45, 7) is 6.24. The van der Waals surface area contributed by atoms with E-state index in [0.717, 1.165) is 16.3 Å². The summed E-state index contributed by atoms with van der Waals surface area (Å²) in [7, 11) is 0. The Morgan fingerprint density at radius 1 is 1.10 bits per heavy atom. The third-order valence-corrected chi connectivity index (χ3v) is 6.66. The topological polar surface area (TPSA) is 126 Å². The van der Waals surface area contributed by atoms with Crippen LogP contribution in [0.15, 0.2) is 76.7 Å². The second kappa shape index (κ2) is 10.8. The number of aliphatic hydroxyl groups excluding tert-OH is 1. The highest BCUT2D eigenvalue weighted by Gasteiger charge is 2.22. The van der Waals surface area contributed by atoms with E-state index in [0.29, 0.717) is 34.5 Å².